The van der Waals surface area contributed by atoms with E-state index in [0.29, 0.717) is 28.3 Å². The van der Waals surface area contributed by atoms with E-state index in [1.54, 1.807) is 6.07 Å². The number of hydrogen-bond acceptors (Lipinski definition) is 5. The highest BCUT2D eigenvalue weighted by Gasteiger charge is 2.20. The fraction of sp³-hybridized carbons (Fsp3) is 0.316. The van der Waals surface area contributed by atoms with Gasteiger partial charge >= 0.3 is 6.03 Å². The number of aliphatic hydroxyl groups is 1. The summed E-state index contributed by atoms with van der Waals surface area (Å²) >= 11 is 0. The molecule has 3 aromatic rings. The number of methoxy groups -OCH3 is 1. The number of urea groups is 1. The molecule has 0 aliphatic heterocycles. The maximum absolute atomic E-state index is 12.4. The summed E-state index contributed by atoms with van der Waals surface area (Å²) in [6.07, 6.45) is 2.67. The van der Waals surface area contributed by atoms with E-state index in [9.17, 15) is 9.90 Å². The highest BCUT2D eigenvalue weighted by atomic mass is 16.5. The Labute approximate surface area is 156 Å². The molecule has 2 heterocycles. The van der Waals surface area contributed by atoms with E-state index >= 15 is 0 Å². The number of hydrogen-bond donors (Lipinski definition) is 4. The number of nitrogens with one attached hydrogen (secondary N) is 3. The zero-order chi connectivity index (χ0) is 18.8. The number of nitrogens with zero attached hydrogens (tertiary/aromatic N) is 2. The van der Waals surface area contributed by atoms with Crippen molar-refractivity contribution in [1.82, 2.24) is 20.5 Å². The summed E-state index contributed by atoms with van der Waals surface area (Å²) < 4.78 is 5.17. The van der Waals surface area contributed by atoms with Crippen LogP contribution < -0.4 is 15.4 Å². The number of aromatic amines is 1. The molecular weight excluding hydrogens is 346 g/mol. The number of aliphatic hydroxyl groups excluding tert-OH is 1. The molecule has 1 atom stereocenters. The monoisotopic (exact) mass is 367 g/mol. The Morgan fingerprint density at radius 3 is 2.96 bits per heavy atom. The lowest BCUT2D eigenvalue weighted by molar-refractivity contribution is 0.247. The third-order valence-corrected chi connectivity index (χ3v) is 4.85. The van der Waals surface area contributed by atoms with Crippen LogP contribution in [0.2, 0.25) is 0 Å². The normalized spacial score (nSPS) is 16.0. The Bertz CT molecular complexity index is 985. The minimum atomic E-state index is -0.318. The van der Waals surface area contributed by atoms with Crippen molar-refractivity contribution in [2.75, 3.05) is 12.4 Å². The average molecular weight is 367 g/mol. The van der Waals surface area contributed by atoms with E-state index in [0.717, 1.165) is 19.3 Å². The molecule has 27 heavy (non-hydrogen) atoms. The summed E-state index contributed by atoms with van der Waals surface area (Å²) in [5, 5.41) is 22.8. The summed E-state index contributed by atoms with van der Waals surface area (Å²) in [5.74, 6) is 0.699. The number of anilines is 1. The lowest BCUT2D eigenvalue weighted by Gasteiger charge is -2.25. The second-order valence-corrected chi connectivity index (χ2v) is 6.57. The molecule has 140 valence electrons. The number of H-pyrrole nitrogens is 1. The summed E-state index contributed by atoms with van der Waals surface area (Å²) in [6.45, 7) is -0.289. The Morgan fingerprint density at radius 1 is 1.37 bits per heavy atom. The third kappa shape index (κ3) is 3.43. The lowest BCUT2D eigenvalue weighted by atomic mass is 9.88. The fourth-order valence-electron chi connectivity index (χ4n) is 3.58. The van der Waals surface area contributed by atoms with Crippen molar-refractivity contribution < 1.29 is 14.6 Å². The molecule has 8 nitrogen and oxygen atoms in total. The number of ether oxygens (including phenoxy) is 1. The number of rotatable bonds is 4. The van der Waals surface area contributed by atoms with Crippen molar-refractivity contribution in [1.29, 1.82) is 0 Å². The largest absolute Gasteiger partial charge is 0.479 e. The molecular formula is C19H21N5O3. The van der Waals surface area contributed by atoms with E-state index in [1.165, 1.54) is 18.2 Å². The van der Waals surface area contributed by atoms with E-state index in [4.69, 9.17) is 4.74 Å². The Hall–Kier alpha value is -3.13. The Balaban J connectivity index is 1.47. The number of amides is 2. The van der Waals surface area contributed by atoms with Gasteiger partial charge in [-0.05, 0) is 30.4 Å². The average Bonchev–Trinajstić information content (AvgIpc) is 3.10. The number of pyridine rings is 1. The van der Waals surface area contributed by atoms with Gasteiger partial charge in [0.05, 0.1) is 30.3 Å². The second-order valence-electron chi connectivity index (χ2n) is 6.57. The van der Waals surface area contributed by atoms with Gasteiger partial charge in [-0.25, -0.2) is 9.78 Å². The van der Waals surface area contributed by atoms with Gasteiger partial charge in [0.2, 0.25) is 5.88 Å². The van der Waals surface area contributed by atoms with Crippen LogP contribution in [-0.2, 0) is 19.4 Å². The molecule has 1 aliphatic carbocycles. The quantitative estimate of drug-likeness (QED) is 0.564. The number of aromatic nitrogens is 3. The maximum Gasteiger partial charge on any atom is 0.320 e. The van der Waals surface area contributed by atoms with Crippen molar-refractivity contribution in [3.05, 3.63) is 47.2 Å². The molecule has 0 radical (unpaired) electrons. The van der Waals surface area contributed by atoms with Crippen molar-refractivity contribution in [2.24, 2.45) is 0 Å². The van der Waals surface area contributed by atoms with Gasteiger partial charge in [-0.15, -0.1) is 5.10 Å². The summed E-state index contributed by atoms with van der Waals surface area (Å²) in [4.78, 5) is 16.7. The predicted molar refractivity (Wildman–Crippen MR) is 101 cm³/mol. The molecule has 1 aromatic carbocycles. The van der Waals surface area contributed by atoms with Gasteiger partial charge in [0.15, 0.2) is 0 Å². The molecule has 8 heteroatoms. The van der Waals surface area contributed by atoms with Gasteiger partial charge in [-0.2, -0.15) is 0 Å². The first-order valence-electron chi connectivity index (χ1n) is 8.85. The van der Waals surface area contributed by atoms with Crippen LogP contribution >= 0.6 is 0 Å². The van der Waals surface area contributed by atoms with Crippen molar-refractivity contribution in [3.63, 3.8) is 0 Å². The number of carbonyl (C=O) groups excluding carboxylic acids is 1. The second kappa shape index (κ2) is 7.24. The molecule has 4 N–H and O–H groups in total. The van der Waals surface area contributed by atoms with E-state index < -0.39 is 0 Å². The molecule has 0 fully saturated rings. The zero-order valence-electron chi connectivity index (χ0n) is 15.0. The van der Waals surface area contributed by atoms with E-state index in [2.05, 4.69) is 37.9 Å². The third-order valence-electron chi connectivity index (χ3n) is 4.85. The van der Waals surface area contributed by atoms with Crippen LogP contribution in [-0.4, -0.2) is 39.5 Å². The Morgan fingerprint density at radius 2 is 2.19 bits per heavy atom. The molecule has 4 rings (SSSR count). The van der Waals surface area contributed by atoms with Gasteiger partial charge in [0, 0.05) is 12.1 Å². The van der Waals surface area contributed by atoms with Crippen LogP contribution in [0.25, 0.3) is 10.9 Å². The predicted octanol–water partition coefficient (Wildman–Crippen LogP) is 2.14. The molecule has 2 amide bonds. The van der Waals surface area contributed by atoms with Crippen LogP contribution in [0.3, 0.4) is 0 Å². The first-order valence-corrected chi connectivity index (χ1v) is 8.85. The van der Waals surface area contributed by atoms with E-state index in [-0.39, 0.29) is 18.7 Å². The van der Waals surface area contributed by atoms with Gasteiger partial charge < -0.3 is 15.2 Å². The summed E-state index contributed by atoms with van der Waals surface area (Å²) in [6, 6.07) is 9.74. The highest BCUT2D eigenvalue weighted by Crippen LogP contribution is 2.27. The Kier molecular flexibility index (Phi) is 4.64. The number of benzene rings is 1. The molecule has 0 spiro atoms. The lowest BCUT2D eigenvalue weighted by Crippen LogP contribution is -2.41. The van der Waals surface area contributed by atoms with Crippen LogP contribution in [0, 0.1) is 0 Å². The molecule has 0 saturated heterocycles. The van der Waals surface area contributed by atoms with Crippen molar-refractivity contribution in [3.8, 4) is 5.88 Å². The minimum Gasteiger partial charge on any atom is -0.479 e. The molecule has 0 bridgehead atoms. The molecule has 2 aromatic heterocycles. The molecule has 0 saturated carbocycles. The molecule has 1 aliphatic rings. The highest BCUT2D eigenvalue weighted by molar-refractivity contribution is 5.93. The first-order chi connectivity index (χ1) is 13.2. The van der Waals surface area contributed by atoms with Crippen molar-refractivity contribution >= 4 is 22.8 Å². The van der Waals surface area contributed by atoms with Crippen LogP contribution in [0.15, 0.2) is 30.3 Å². The number of carbonyl (C=O) groups is 1. The van der Waals surface area contributed by atoms with E-state index in [1.807, 2.05) is 12.1 Å². The minimum absolute atomic E-state index is 0.0770. The topological polar surface area (TPSA) is 112 Å². The molecule has 1 unspecified atom stereocenters. The number of aryl methyl sites for hydroxylation is 1. The number of fused-ring (bicyclic) bond motifs is 2. The SMILES string of the molecule is COc1n[nH]c2cc(NC(=O)NC3CCc4ccccc4C3)nc(CO)c12. The van der Waals surface area contributed by atoms with Crippen molar-refractivity contribution in [2.45, 2.75) is 31.9 Å². The van der Waals surface area contributed by atoms with Crippen LogP contribution in [0.4, 0.5) is 10.6 Å². The van der Waals surface area contributed by atoms with Gasteiger partial charge in [-0.3, -0.25) is 10.4 Å². The smallest absolute Gasteiger partial charge is 0.320 e. The zero-order valence-corrected chi connectivity index (χ0v) is 15.0. The van der Waals surface area contributed by atoms with Gasteiger partial charge in [0.25, 0.3) is 0 Å². The fourth-order valence-corrected chi connectivity index (χ4v) is 3.58. The summed E-state index contributed by atoms with van der Waals surface area (Å²) in [7, 11) is 1.50. The standard InChI is InChI=1S/C19H21N5O3/c1-27-18-17-14(23-24-18)9-16(21-15(17)10-25)22-19(26)20-13-7-6-11-4-2-3-5-12(11)8-13/h2-5,9,13,25H,6-8,10H2,1H3,(H,23,24)(H2,20,21,22,26). The van der Waals surface area contributed by atoms with Gasteiger partial charge in [-0.1, -0.05) is 24.3 Å². The summed E-state index contributed by atoms with van der Waals surface area (Å²) in [5.41, 5.74) is 3.65. The first kappa shape index (κ1) is 17.3. The van der Waals surface area contributed by atoms with Crippen LogP contribution in [0.1, 0.15) is 23.2 Å². The maximum atomic E-state index is 12.4. The van der Waals surface area contributed by atoms with Crippen LogP contribution in [0.5, 0.6) is 5.88 Å². The van der Waals surface area contributed by atoms with Gasteiger partial charge in [0.1, 0.15) is 5.82 Å².